The summed E-state index contributed by atoms with van der Waals surface area (Å²) in [5.74, 6) is -4.08. The molecule has 0 aliphatic carbocycles. The molecule has 0 bridgehead atoms. The van der Waals surface area contributed by atoms with E-state index in [0.717, 1.165) is 0 Å². The number of esters is 1. The molecular formula is C8H7Cl3O7. The van der Waals surface area contributed by atoms with Crippen LogP contribution in [-0.2, 0) is 23.9 Å². The summed E-state index contributed by atoms with van der Waals surface area (Å²) in [6, 6.07) is 0. The molecule has 2 N–H and O–H groups in total. The Morgan fingerprint density at radius 2 is 1.67 bits per heavy atom. The van der Waals surface area contributed by atoms with Crippen molar-refractivity contribution >= 4 is 52.7 Å². The molecule has 0 radical (unpaired) electrons. The van der Waals surface area contributed by atoms with Crippen LogP contribution in [0.4, 0.5) is 0 Å². The van der Waals surface area contributed by atoms with Crippen LogP contribution in [0.5, 0.6) is 0 Å². The maximum Gasteiger partial charge on any atom is 0.342 e. The van der Waals surface area contributed by atoms with Gasteiger partial charge in [-0.2, -0.15) is 0 Å². The first-order chi connectivity index (χ1) is 8.07. The second-order valence-corrected chi connectivity index (χ2v) is 5.90. The summed E-state index contributed by atoms with van der Waals surface area (Å²) < 4.78 is 7.33. The monoisotopic (exact) mass is 320 g/mol. The van der Waals surface area contributed by atoms with E-state index in [1.807, 2.05) is 0 Å². The van der Waals surface area contributed by atoms with E-state index in [0.29, 0.717) is 0 Å². The average Bonchev–Trinajstić information content (AvgIpc) is 2.40. The maximum atomic E-state index is 11.6. The number of carbonyl (C=O) groups is 3. The van der Waals surface area contributed by atoms with Crippen molar-refractivity contribution in [1.82, 2.24) is 0 Å². The predicted molar refractivity (Wildman–Crippen MR) is 58.5 cm³/mol. The van der Waals surface area contributed by atoms with Crippen LogP contribution in [0.15, 0.2) is 0 Å². The molecule has 0 aromatic rings. The SMILES string of the molecule is O=C(O)CC1(CC(=O)O)O[C@@H](C(Cl)(Cl)Cl)OC1=O. The summed E-state index contributed by atoms with van der Waals surface area (Å²) >= 11 is 16.3. The molecule has 0 aromatic heterocycles. The fourth-order valence-corrected chi connectivity index (χ4v) is 1.66. The summed E-state index contributed by atoms with van der Waals surface area (Å²) in [4.78, 5) is 32.9. The Morgan fingerprint density at radius 3 is 1.94 bits per heavy atom. The third-order valence-electron chi connectivity index (χ3n) is 2.06. The summed E-state index contributed by atoms with van der Waals surface area (Å²) in [5.41, 5.74) is -2.19. The number of cyclic esters (lactones) is 1. The van der Waals surface area contributed by atoms with Crippen LogP contribution >= 0.6 is 34.8 Å². The highest BCUT2D eigenvalue weighted by Gasteiger charge is 2.58. The van der Waals surface area contributed by atoms with Gasteiger partial charge in [-0.3, -0.25) is 9.59 Å². The summed E-state index contributed by atoms with van der Waals surface area (Å²) in [5, 5.41) is 17.4. The van der Waals surface area contributed by atoms with Crippen molar-refractivity contribution in [2.45, 2.75) is 28.5 Å². The molecule has 102 valence electrons. The third kappa shape index (κ3) is 3.38. The Labute approximate surface area is 115 Å². The molecule has 1 aliphatic rings. The van der Waals surface area contributed by atoms with E-state index in [4.69, 9.17) is 49.8 Å². The van der Waals surface area contributed by atoms with Crippen molar-refractivity contribution in [3.63, 3.8) is 0 Å². The summed E-state index contributed by atoms with van der Waals surface area (Å²) in [7, 11) is 0. The van der Waals surface area contributed by atoms with Gasteiger partial charge in [-0.25, -0.2) is 4.79 Å². The number of carboxylic acid groups (broad SMARTS) is 2. The van der Waals surface area contributed by atoms with Gasteiger partial charge in [0.05, 0.1) is 12.8 Å². The van der Waals surface area contributed by atoms with Crippen molar-refractivity contribution in [2.75, 3.05) is 0 Å². The van der Waals surface area contributed by atoms with E-state index in [9.17, 15) is 14.4 Å². The summed E-state index contributed by atoms with van der Waals surface area (Å²) in [6.45, 7) is 0. The zero-order valence-corrected chi connectivity index (χ0v) is 10.8. The molecule has 1 fully saturated rings. The average molecular weight is 321 g/mol. The number of rotatable bonds is 4. The maximum absolute atomic E-state index is 11.6. The minimum absolute atomic E-state index is 0.907. The topological polar surface area (TPSA) is 110 Å². The lowest BCUT2D eigenvalue weighted by atomic mass is 9.96. The second-order valence-electron chi connectivity index (χ2n) is 3.53. The lowest BCUT2D eigenvalue weighted by molar-refractivity contribution is -0.158. The van der Waals surface area contributed by atoms with Gasteiger partial charge in [-0.05, 0) is 0 Å². The fourth-order valence-electron chi connectivity index (χ4n) is 1.39. The van der Waals surface area contributed by atoms with Crippen LogP contribution in [0.2, 0.25) is 0 Å². The number of halogens is 3. The Hall–Kier alpha value is -0.760. The number of aliphatic carboxylic acids is 2. The van der Waals surface area contributed by atoms with E-state index in [2.05, 4.69) is 4.74 Å². The highest BCUT2D eigenvalue weighted by molar-refractivity contribution is 6.68. The van der Waals surface area contributed by atoms with Crippen molar-refractivity contribution in [3.05, 3.63) is 0 Å². The smallest absolute Gasteiger partial charge is 0.342 e. The number of hydrogen-bond acceptors (Lipinski definition) is 5. The van der Waals surface area contributed by atoms with Crippen molar-refractivity contribution in [1.29, 1.82) is 0 Å². The van der Waals surface area contributed by atoms with Gasteiger partial charge in [0, 0.05) is 0 Å². The van der Waals surface area contributed by atoms with Gasteiger partial charge in [0.25, 0.3) is 10.1 Å². The minimum Gasteiger partial charge on any atom is -0.481 e. The number of hydrogen-bond donors (Lipinski definition) is 2. The highest BCUT2D eigenvalue weighted by Crippen LogP contribution is 2.42. The Bertz CT molecular complexity index is 373. The second kappa shape index (κ2) is 5.08. The lowest BCUT2D eigenvalue weighted by Crippen LogP contribution is -2.42. The van der Waals surface area contributed by atoms with Gasteiger partial charge in [-0.1, -0.05) is 34.8 Å². The lowest BCUT2D eigenvalue weighted by Gasteiger charge is -2.22. The van der Waals surface area contributed by atoms with Crippen LogP contribution in [0.25, 0.3) is 0 Å². The normalized spacial score (nSPS) is 22.6. The van der Waals surface area contributed by atoms with Gasteiger partial charge in [0.1, 0.15) is 0 Å². The van der Waals surface area contributed by atoms with E-state index >= 15 is 0 Å². The quantitative estimate of drug-likeness (QED) is 0.585. The van der Waals surface area contributed by atoms with Crippen LogP contribution < -0.4 is 0 Å². The first-order valence-electron chi connectivity index (χ1n) is 4.46. The van der Waals surface area contributed by atoms with E-state index in [-0.39, 0.29) is 0 Å². The minimum atomic E-state index is -2.19. The van der Waals surface area contributed by atoms with Crippen molar-refractivity contribution < 1.29 is 34.1 Å². The Balaban J connectivity index is 3.01. The van der Waals surface area contributed by atoms with Gasteiger partial charge in [0.15, 0.2) is 5.60 Å². The van der Waals surface area contributed by atoms with Crippen LogP contribution in [0.3, 0.4) is 0 Å². The standard InChI is InChI=1S/C8H7Cl3O7/c9-8(10,11)6-17-5(16)7(18-6,1-3(12)13)2-4(14)15/h6H,1-2H2,(H,12,13)(H,14,15)/t6-/m0/s1. The molecule has 0 aromatic carbocycles. The molecule has 7 nitrogen and oxygen atoms in total. The van der Waals surface area contributed by atoms with E-state index < -0.39 is 46.4 Å². The third-order valence-corrected chi connectivity index (χ3v) is 2.59. The number of ether oxygens (including phenoxy) is 2. The molecule has 0 unspecified atom stereocenters. The first-order valence-corrected chi connectivity index (χ1v) is 5.59. The number of carbonyl (C=O) groups excluding carboxylic acids is 1. The van der Waals surface area contributed by atoms with E-state index in [1.165, 1.54) is 0 Å². The van der Waals surface area contributed by atoms with Gasteiger partial charge < -0.3 is 19.7 Å². The largest absolute Gasteiger partial charge is 0.481 e. The highest BCUT2D eigenvalue weighted by atomic mass is 35.6. The fraction of sp³-hybridized carbons (Fsp3) is 0.625. The molecular weight excluding hydrogens is 314 g/mol. The van der Waals surface area contributed by atoms with Gasteiger partial charge >= 0.3 is 17.9 Å². The van der Waals surface area contributed by atoms with Crippen LogP contribution in [-0.4, -0.2) is 43.8 Å². The zero-order valence-electron chi connectivity index (χ0n) is 8.56. The molecule has 1 aliphatic heterocycles. The van der Waals surface area contributed by atoms with Crippen LogP contribution in [0, 0.1) is 0 Å². The molecule has 0 amide bonds. The molecule has 1 heterocycles. The molecule has 0 saturated carbocycles. The molecule has 1 atom stereocenters. The molecule has 1 saturated heterocycles. The first kappa shape index (κ1) is 15.3. The zero-order chi connectivity index (χ0) is 14.1. The van der Waals surface area contributed by atoms with Crippen molar-refractivity contribution in [2.24, 2.45) is 0 Å². The number of alkyl halides is 3. The molecule has 18 heavy (non-hydrogen) atoms. The summed E-state index contributed by atoms with van der Waals surface area (Å²) in [6.07, 6.45) is -3.47. The van der Waals surface area contributed by atoms with Gasteiger partial charge in [-0.15, -0.1) is 0 Å². The Kier molecular flexibility index (Phi) is 4.32. The molecule has 0 spiro atoms. The molecule has 10 heteroatoms. The van der Waals surface area contributed by atoms with E-state index in [1.54, 1.807) is 0 Å². The van der Waals surface area contributed by atoms with Crippen LogP contribution in [0.1, 0.15) is 12.8 Å². The number of carboxylic acids is 2. The predicted octanol–water partition coefficient (Wildman–Crippen LogP) is 0.944. The molecule has 1 rings (SSSR count). The van der Waals surface area contributed by atoms with Crippen molar-refractivity contribution in [3.8, 4) is 0 Å². The van der Waals surface area contributed by atoms with Gasteiger partial charge in [0.2, 0.25) is 0 Å². The Morgan fingerprint density at radius 1 is 1.22 bits per heavy atom.